The van der Waals surface area contributed by atoms with Crippen LogP contribution in [0.1, 0.15) is 52.9 Å². The summed E-state index contributed by atoms with van der Waals surface area (Å²) < 4.78 is 6.47. The van der Waals surface area contributed by atoms with Crippen LogP contribution in [-0.4, -0.2) is 34.3 Å². The lowest BCUT2D eigenvalue weighted by molar-refractivity contribution is -0.111. The highest BCUT2D eigenvalue weighted by Gasteiger charge is 2.25. The number of carbonyl (C=O) groups is 2. The molecule has 29 heavy (non-hydrogen) atoms. The number of nitrogens with one attached hydrogen (secondary N) is 1. The number of aldehydes is 1. The van der Waals surface area contributed by atoms with Crippen molar-refractivity contribution < 1.29 is 14.3 Å². The second-order valence-corrected chi connectivity index (χ2v) is 8.33. The molecule has 2 heterocycles. The van der Waals surface area contributed by atoms with Crippen LogP contribution >= 0.6 is 11.3 Å². The number of carbonyl (C=O) groups excluding carboxylic acids is 2. The molecule has 0 atom stereocenters. The average molecular weight is 410 g/mol. The Bertz CT molecular complexity index is 1060. The van der Waals surface area contributed by atoms with E-state index in [1.165, 1.54) is 0 Å². The van der Waals surface area contributed by atoms with Crippen LogP contribution in [0.25, 0.3) is 10.2 Å². The molecule has 1 amide bonds. The summed E-state index contributed by atoms with van der Waals surface area (Å²) in [4.78, 5) is 36.6. The third kappa shape index (κ3) is 4.12. The summed E-state index contributed by atoms with van der Waals surface area (Å²) in [7, 11) is 1.57. The quantitative estimate of drug-likeness (QED) is 0.636. The summed E-state index contributed by atoms with van der Waals surface area (Å²) in [5, 5.41) is 3.97. The Morgan fingerprint density at radius 1 is 1.24 bits per heavy atom. The molecule has 0 unspecified atom stereocenters. The Kier molecular flexibility index (Phi) is 5.53. The van der Waals surface area contributed by atoms with Crippen molar-refractivity contribution in [3.05, 3.63) is 40.9 Å². The largest absolute Gasteiger partial charge is 0.494 e. The van der Waals surface area contributed by atoms with E-state index in [9.17, 15) is 9.59 Å². The number of aromatic nitrogens is 3. The third-order valence-corrected chi connectivity index (χ3v) is 6.48. The molecule has 2 aromatic heterocycles. The van der Waals surface area contributed by atoms with Crippen LogP contribution in [0.2, 0.25) is 0 Å². The van der Waals surface area contributed by atoms with Crippen LogP contribution in [0.3, 0.4) is 0 Å². The van der Waals surface area contributed by atoms with Gasteiger partial charge in [0.2, 0.25) is 0 Å². The van der Waals surface area contributed by atoms with Crippen molar-refractivity contribution in [3.8, 4) is 5.75 Å². The molecule has 1 fully saturated rings. The first-order chi connectivity index (χ1) is 14.1. The van der Waals surface area contributed by atoms with E-state index < -0.39 is 0 Å². The molecule has 8 heteroatoms. The van der Waals surface area contributed by atoms with Gasteiger partial charge in [-0.3, -0.25) is 4.79 Å². The van der Waals surface area contributed by atoms with Gasteiger partial charge in [-0.15, -0.1) is 11.3 Å². The molecule has 0 spiro atoms. The van der Waals surface area contributed by atoms with Gasteiger partial charge >= 0.3 is 0 Å². The van der Waals surface area contributed by atoms with Gasteiger partial charge < -0.3 is 14.8 Å². The number of ether oxygens (including phenoxy) is 1. The van der Waals surface area contributed by atoms with E-state index in [1.807, 2.05) is 12.1 Å². The molecule has 1 saturated carbocycles. The van der Waals surface area contributed by atoms with Crippen molar-refractivity contribution in [2.45, 2.75) is 38.5 Å². The minimum absolute atomic E-state index is 0.188. The standard InChI is InChI=1S/C21H22N4O3S/c1-12-22-8-7-15(23-12)20(27)24-16-10-19-17(9-18(16)28-2)25-21(29-19)14-5-3-13(11-26)4-6-14/h7-11,13-14H,3-6H2,1-2H3,(H,24,27). The van der Waals surface area contributed by atoms with Crippen LogP contribution in [0.4, 0.5) is 5.69 Å². The van der Waals surface area contributed by atoms with Gasteiger partial charge in [-0.1, -0.05) is 0 Å². The summed E-state index contributed by atoms with van der Waals surface area (Å²) in [6.45, 7) is 1.74. The van der Waals surface area contributed by atoms with Crippen molar-refractivity contribution >= 4 is 39.4 Å². The van der Waals surface area contributed by atoms with Gasteiger partial charge in [-0.05, 0) is 44.7 Å². The predicted molar refractivity (Wildman–Crippen MR) is 112 cm³/mol. The smallest absolute Gasteiger partial charge is 0.274 e. The van der Waals surface area contributed by atoms with Gasteiger partial charge in [0.1, 0.15) is 23.6 Å². The highest BCUT2D eigenvalue weighted by atomic mass is 32.1. The lowest BCUT2D eigenvalue weighted by atomic mass is 9.83. The minimum Gasteiger partial charge on any atom is -0.494 e. The maximum absolute atomic E-state index is 12.6. The Balaban J connectivity index is 1.60. The van der Waals surface area contributed by atoms with E-state index >= 15 is 0 Å². The Morgan fingerprint density at radius 3 is 2.72 bits per heavy atom. The fraction of sp³-hybridized carbons (Fsp3) is 0.381. The average Bonchev–Trinajstić information content (AvgIpc) is 3.16. The normalized spacial score (nSPS) is 19.1. The minimum atomic E-state index is -0.315. The van der Waals surface area contributed by atoms with Crippen LogP contribution in [0.15, 0.2) is 24.4 Å². The topological polar surface area (TPSA) is 94.1 Å². The van der Waals surface area contributed by atoms with Crippen molar-refractivity contribution in [2.75, 3.05) is 12.4 Å². The molecule has 1 aromatic carbocycles. The first kappa shape index (κ1) is 19.4. The number of hydrogen-bond donors (Lipinski definition) is 1. The number of aryl methyl sites for hydroxylation is 1. The van der Waals surface area contributed by atoms with Crippen LogP contribution in [0.5, 0.6) is 5.75 Å². The number of hydrogen-bond acceptors (Lipinski definition) is 7. The summed E-state index contributed by atoms with van der Waals surface area (Å²) in [6, 6.07) is 5.33. The summed E-state index contributed by atoms with van der Waals surface area (Å²) in [5.74, 6) is 1.35. The number of rotatable bonds is 5. The predicted octanol–water partition coefficient (Wildman–Crippen LogP) is 4.13. The molecule has 1 N–H and O–H groups in total. The zero-order valence-electron chi connectivity index (χ0n) is 16.3. The van der Waals surface area contributed by atoms with Crippen LogP contribution < -0.4 is 10.1 Å². The fourth-order valence-electron chi connectivity index (χ4n) is 3.68. The first-order valence-corrected chi connectivity index (χ1v) is 10.4. The Hall–Kier alpha value is -2.87. The molecular weight excluding hydrogens is 388 g/mol. The van der Waals surface area contributed by atoms with Gasteiger partial charge in [0.15, 0.2) is 0 Å². The van der Waals surface area contributed by atoms with Gasteiger partial charge in [0.05, 0.1) is 28.0 Å². The molecule has 0 bridgehead atoms. The molecule has 0 radical (unpaired) electrons. The molecule has 7 nitrogen and oxygen atoms in total. The van der Waals surface area contributed by atoms with Gasteiger partial charge in [0, 0.05) is 24.1 Å². The number of nitrogens with zero attached hydrogens (tertiary/aromatic N) is 3. The third-order valence-electron chi connectivity index (χ3n) is 5.30. The summed E-state index contributed by atoms with van der Waals surface area (Å²) in [5.41, 5.74) is 1.74. The summed E-state index contributed by atoms with van der Waals surface area (Å²) >= 11 is 1.64. The second-order valence-electron chi connectivity index (χ2n) is 7.26. The van der Waals surface area contributed by atoms with Gasteiger partial charge in [-0.25, -0.2) is 15.0 Å². The maximum atomic E-state index is 12.6. The number of benzene rings is 1. The fourth-order valence-corrected chi connectivity index (χ4v) is 4.84. The van der Waals surface area contributed by atoms with E-state index in [1.54, 1.807) is 37.6 Å². The van der Waals surface area contributed by atoms with E-state index in [0.717, 1.165) is 47.2 Å². The second kappa shape index (κ2) is 8.24. The summed E-state index contributed by atoms with van der Waals surface area (Å²) in [6.07, 6.45) is 6.45. The SMILES string of the molecule is COc1cc2nc(C3CCC(C=O)CC3)sc2cc1NC(=O)c1ccnc(C)n1. The van der Waals surface area contributed by atoms with E-state index in [0.29, 0.717) is 28.9 Å². The van der Waals surface area contributed by atoms with E-state index in [4.69, 9.17) is 9.72 Å². The highest BCUT2D eigenvalue weighted by molar-refractivity contribution is 7.18. The highest BCUT2D eigenvalue weighted by Crippen LogP contribution is 2.40. The Labute approximate surface area is 172 Å². The molecule has 0 aliphatic heterocycles. The Morgan fingerprint density at radius 2 is 2.03 bits per heavy atom. The lowest BCUT2D eigenvalue weighted by Crippen LogP contribution is -2.15. The molecule has 0 saturated heterocycles. The zero-order chi connectivity index (χ0) is 20.4. The number of amides is 1. The molecule has 1 aliphatic rings. The molecule has 1 aliphatic carbocycles. The molecule has 3 aromatic rings. The van der Waals surface area contributed by atoms with Crippen molar-refractivity contribution in [2.24, 2.45) is 5.92 Å². The molecular formula is C21H22N4O3S. The number of methoxy groups -OCH3 is 1. The van der Waals surface area contributed by atoms with Crippen LogP contribution in [-0.2, 0) is 4.79 Å². The first-order valence-electron chi connectivity index (χ1n) is 9.62. The maximum Gasteiger partial charge on any atom is 0.274 e. The number of thiazole rings is 1. The van der Waals surface area contributed by atoms with E-state index in [2.05, 4.69) is 15.3 Å². The van der Waals surface area contributed by atoms with Gasteiger partial charge in [-0.2, -0.15) is 0 Å². The van der Waals surface area contributed by atoms with Crippen molar-refractivity contribution in [3.63, 3.8) is 0 Å². The number of fused-ring (bicyclic) bond motifs is 1. The lowest BCUT2D eigenvalue weighted by Gasteiger charge is -2.23. The number of anilines is 1. The van der Waals surface area contributed by atoms with Crippen LogP contribution in [0, 0.1) is 12.8 Å². The molecule has 150 valence electrons. The van der Waals surface area contributed by atoms with E-state index in [-0.39, 0.29) is 11.8 Å². The zero-order valence-corrected chi connectivity index (χ0v) is 17.2. The monoisotopic (exact) mass is 410 g/mol. The van der Waals surface area contributed by atoms with Crippen molar-refractivity contribution in [1.29, 1.82) is 0 Å². The van der Waals surface area contributed by atoms with Crippen molar-refractivity contribution in [1.82, 2.24) is 15.0 Å². The molecule has 4 rings (SSSR count). The van der Waals surface area contributed by atoms with Gasteiger partial charge in [0.25, 0.3) is 5.91 Å².